The monoisotopic (exact) mass is 260 g/mol. The minimum absolute atomic E-state index is 0.806. The van der Waals surface area contributed by atoms with E-state index >= 15 is 0 Å². The molecule has 1 aromatic rings. The van der Waals surface area contributed by atoms with E-state index in [2.05, 4.69) is 48.5 Å². The molecular formula is C17H28N2. The molecule has 1 saturated heterocycles. The molecule has 0 saturated carbocycles. The van der Waals surface area contributed by atoms with Gasteiger partial charge in [-0.25, -0.2) is 0 Å². The van der Waals surface area contributed by atoms with Crippen LogP contribution < -0.4 is 5.32 Å². The van der Waals surface area contributed by atoms with Crippen LogP contribution >= 0.6 is 0 Å². The summed E-state index contributed by atoms with van der Waals surface area (Å²) in [4.78, 5) is 2.53. The molecule has 0 bridgehead atoms. The lowest BCUT2D eigenvalue weighted by atomic mass is 10.0. The Kier molecular flexibility index (Phi) is 5.87. The van der Waals surface area contributed by atoms with Gasteiger partial charge in [-0.3, -0.25) is 0 Å². The van der Waals surface area contributed by atoms with E-state index < -0.39 is 0 Å². The van der Waals surface area contributed by atoms with E-state index in [4.69, 9.17) is 0 Å². The van der Waals surface area contributed by atoms with Crippen molar-refractivity contribution in [3.8, 4) is 0 Å². The number of rotatable bonds is 6. The summed E-state index contributed by atoms with van der Waals surface area (Å²) in [6.07, 6.45) is 6.62. The second-order valence-corrected chi connectivity index (χ2v) is 5.91. The summed E-state index contributed by atoms with van der Waals surface area (Å²) in [7, 11) is 2.27. The van der Waals surface area contributed by atoms with E-state index in [-0.39, 0.29) is 0 Å². The molecule has 1 atom stereocenters. The summed E-state index contributed by atoms with van der Waals surface area (Å²) in [5.41, 5.74) is 2.81. The van der Waals surface area contributed by atoms with E-state index in [1.54, 1.807) is 0 Å². The lowest BCUT2D eigenvalue weighted by Crippen LogP contribution is -2.38. The summed E-state index contributed by atoms with van der Waals surface area (Å²) in [5.74, 6) is 0. The van der Waals surface area contributed by atoms with Crippen molar-refractivity contribution in [3.63, 3.8) is 0 Å². The first kappa shape index (κ1) is 14.5. The van der Waals surface area contributed by atoms with Crippen molar-refractivity contribution < 1.29 is 0 Å². The van der Waals surface area contributed by atoms with Crippen LogP contribution in [0.2, 0.25) is 0 Å². The van der Waals surface area contributed by atoms with Gasteiger partial charge in [0.1, 0.15) is 0 Å². The molecule has 0 aromatic heterocycles. The van der Waals surface area contributed by atoms with Gasteiger partial charge in [0.05, 0.1) is 0 Å². The molecule has 0 aliphatic carbocycles. The molecule has 1 aromatic carbocycles. The third kappa shape index (κ3) is 4.96. The van der Waals surface area contributed by atoms with Gasteiger partial charge < -0.3 is 10.2 Å². The fourth-order valence-corrected chi connectivity index (χ4v) is 3.00. The first-order valence-electron chi connectivity index (χ1n) is 7.72. The third-order valence-electron chi connectivity index (χ3n) is 4.25. The minimum atomic E-state index is 0.806. The van der Waals surface area contributed by atoms with Gasteiger partial charge in [-0.05, 0) is 64.9 Å². The van der Waals surface area contributed by atoms with Crippen molar-refractivity contribution in [3.05, 3.63) is 35.4 Å². The maximum Gasteiger partial charge on any atom is 0.0104 e. The van der Waals surface area contributed by atoms with Gasteiger partial charge in [0.2, 0.25) is 0 Å². The molecule has 2 rings (SSSR count). The van der Waals surface area contributed by atoms with Crippen LogP contribution in [0.1, 0.15) is 36.8 Å². The van der Waals surface area contributed by atoms with E-state index in [9.17, 15) is 0 Å². The average molecular weight is 260 g/mol. The Morgan fingerprint density at radius 1 is 1.26 bits per heavy atom. The number of piperidine rings is 1. The van der Waals surface area contributed by atoms with Crippen LogP contribution in [-0.4, -0.2) is 37.6 Å². The number of aryl methyl sites for hydroxylation is 1. The van der Waals surface area contributed by atoms with Gasteiger partial charge >= 0.3 is 0 Å². The number of hydrogen-bond acceptors (Lipinski definition) is 2. The third-order valence-corrected chi connectivity index (χ3v) is 4.25. The van der Waals surface area contributed by atoms with Gasteiger partial charge in [0.25, 0.3) is 0 Å². The molecule has 2 nitrogen and oxygen atoms in total. The van der Waals surface area contributed by atoms with Crippen molar-refractivity contribution in [2.45, 2.75) is 45.1 Å². The topological polar surface area (TPSA) is 15.3 Å². The van der Waals surface area contributed by atoms with Gasteiger partial charge in [0, 0.05) is 6.04 Å². The van der Waals surface area contributed by atoms with E-state index in [1.165, 1.54) is 43.4 Å². The summed E-state index contributed by atoms with van der Waals surface area (Å²) < 4.78 is 0. The number of nitrogens with one attached hydrogen (secondary N) is 1. The SMILES string of the molecule is Cc1cccc(CCNCCC2CCCCN2C)c1. The van der Waals surface area contributed by atoms with Crippen LogP contribution in [0.15, 0.2) is 24.3 Å². The molecule has 0 radical (unpaired) electrons. The van der Waals surface area contributed by atoms with Crippen molar-refractivity contribution >= 4 is 0 Å². The molecule has 1 unspecified atom stereocenters. The predicted octanol–water partition coefficient (Wildman–Crippen LogP) is 3.00. The highest BCUT2D eigenvalue weighted by molar-refractivity contribution is 5.22. The summed E-state index contributed by atoms with van der Waals surface area (Å²) in [6.45, 7) is 5.70. The lowest BCUT2D eigenvalue weighted by Gasteiger charge is -2.32. The Morgan fingerprint density at radius 2 is 2.16 bits per heavy atom. The van der Waals surface area contributed by atoms with E-state index in [1.807, 2.05) is 0 Å². The smallest absolute Gasteiger partial charge is 0.0104 e. The Labute approximate surface area is 118 Å². The zero-order chi connectivity index (χ0) is 13.5. The van der Waals surface area contributed by atoms with Gasteiger partial charge in [-0.1, -0.05) is 36.2 Å². The molecule has 1 heterocycles. The predicted molar refractivity (Wildman–Crippen MR) is 82.6 cm³/mol. The lowest BCUT2D eigenvalue weighted by molar-refractivity contribution is 0.175. The van der Waals surface area contributed by atoms with Crippen LogP contribution in [0.25, 0.3) is 0 Å². The van der Waals surface area contributed by atoms with Crippen molar-refractivity contribution in [2.75, 3.05) is 26.7 Å². The standard InChI is InChI=1S/C17H28N2/c1-15-6-5-7-16(14-15)9-11-18-12-10-17-8-3-4-13-19(17)2/h5-7,14,17-18H,3-4,8-13H2,1-2H3. The fourth-order valence-electron chi connectivity index (χ4n) is 3.00. The van der Waals surface area contributed by atoms with Crippen LogP contribution in [0.3, 0.4) is 0 Å². The van der Waals surface area contributed by atoms with E-state index in [0.717, 1.165) is 25.6 Å². The molecule has 0 spiro atoms. The summed E-state index contributed by atoms with van der Waals surface area (Å²) in [6, 6.07) is 9.64. The Bertz CT molecular complexity index is 375. The first-order chi connectivity index (χ1) is 9.25. The van der Waals surface area contributed by atoms with Crippen LogP contribution in [0, 0.1) is 6.92 Å². The molecule has 1 aliphatic rings. The normalized spacial score (nSPS) is 20.6. The largest absolute Gasteiger partial charge is 0.316 e. The molecular weight excluding hydrogens is 232 g/mol. The Hall–Kier alpha value is -0.860. The summed E-state index contributed by atoms with van der Waals surface area (Å²) in [5, 5.41) is 3.59. The van der Waals surface area contributed by atoms with Crippen molar-refractivity contribution in [2.24, 2.45) is 0 Å². The quantitative estimate of drug-likeness (QED) is 0.791. The number of nitrogens with zero attached hydrogens (tertiary/aromatic N) is 1. The minimum Gasteiger partial charge on any atom is -0.316 e. The van der Waals surface area contributed by atoms with Gasteiger partial charge in [-0.15, -0.1) is 0 Å². The van der Waals surface area contributed by atoms with E-state index in [0.29, 0.717) is 0 Å². The van der Waals surface area contributed by atoms with Crippen LogP contribution in [0.4, 0.5) is 0 Å². The summed E-state index contributed by atoms with van der Waals surface area (Å²) >= 11 is 0. The maximum absolute atomic E-state index is 3.59. The number of hydrogen-bond donors (Lipinski definition) is 1. The number of likely N-dealkylation sites (tertiary alicyclic amines) is 1. The van der Waals surface area contributed by atoms with Crippen molar-refractivity contribution in [1.29, 1.82) is 0 Å². The molecule has 106 valence electrons. The number of benzene rings is 1. The Balaban J connectivity index is 1.59. The van der Waals surface area contributed by atoms with Crippen LogP contribution in [-0.2, 0) is 6.42 Å². The molecule has 19 heavy (non-hydrogen) atoms. The second-order valence-electron chi connectivity index (χ2n) is 5.91. The molecule has 2 heteroatoms. The van der Waals surface area contributed by atoms with Crippen molar-refractivity contribution in [1.82, 2.24) is 10.2 Å². The second kappa shape index (κ2) is 7.66. The average Bonchev–Trinajstić information content (AvgIpc) is 2.40. The highest BCUT2D eigenvalue weighted by Crippen LogP contribution is 2.17. The van der Waals surface area contributed by atoms with Crippen LogP contribution in [0.5, 0.6) is 0 Å². The van der Waals surface area contributed by atoms with Gasteiger partial charge in [-0.2, -0.15) is 0 Å². The maximum atomic E-state index is 3.59. The molecule has 1 fully saturated rings. The zero-order valence-electron chi connectivity index (χ0n) is 12.5. The molecule has 0 amide bonds. The first-order valence-corrected chi connectivity index (χ1v) is 7.72. The fraction of sp³-hybridized carbons (Fsp3) is 0.647. The highest BCUT2D eigenvalue weighted by Gasteiger charge is 2.17. The zero-order valence-corrected chi connectivity index (χ0v) is 12.5. The molecule has 1 aliphatic heterocycles. The Morgan fingerprint density at radius 3 is 2.95 bits per heavy atom. The van der Waals surface area contributed by atoms with Gasteiger partial charge in [0.15, 0.2) is 0 Å². The highest BCUT2D eigenvalue weighted by atomic mass is 15.1. The molecule has 1 N–H and O–H groups in total.